The average Bonchev–Trinajstić information content (AvgIpc) is 3.44. The Morgan fingerprint density at radius 1 is 1.06 bits per heavy atom. The first-order valence-electron chi connectivity index (χ1n) is 11.4. The van der Waals surface area contributed by atoms with Crippen LogP contribution in [-0.2, 0) is 9.59 Å². The lowest BCUT2D eigenvalue weighted by Gasteiger charge is -2.23. The number of nitrogens with one attached hydrogen (secondary N) is 1. The topological polar surface area (TPSA) is 74.1 Å². The lowest BCUT2D eigenvalue weighted by Crippen LogP contribution is -2.25. The van der Waals surface area contributed by atoms with E-state index in [0.717, 1.165) is 22.4 Å². The molecule has 2 aliphatic heterocycles. The summed E-state index contributed by atoms with van der Waals surface area (Å²) in [7, 11) is 0. The van der Waals surface area contributed by atoms with Gasteiger partial charge in [-0.2, -0.15) is 10.1 Å². The van der Waals surface area contributed by atoms with Crippen molar-refractivity contribution in [2.75, 3.05) is 5.32 Å². The molecule has 36 heavy (non-hydrogen) atoms. The third kappa shape index (κ3) is 5.21. The Morgan fingerprint density at radius 2 is 1.81 bits per heavy atom. The molecule has 0 bridgehead atoms. The van der Waals surface area contributed by atoms with E-state index in [4.69, 9.17) is 5.10 Å². The average molecular weight is 505 g/mol. The van der Waals surface area contributed by atoms with Crippen molar-refractivity contribution in [1.29, 1.82) is 0 Å². The fourth-order valence-electron chi connectivity index (χ4n) is 4.10. The third-order valence-corrected chi connectivity index (χ3v) is 7.10. The monoisotopic (exact) mass is 504 g/mol. The third-order valence-electron chi connectivity index (χ3n) is 5.95. The number of halogens is 2. The Bertz CT molecular complexity index is 1370. The highest BCUT2D eigenvalue weighted by Gasteiger charge is 2.39. The fraction of sp³-hybridized carbons (Fsp3) is 0.185. The number of thioether (sulfide) groups is 1. The van der Waals surface area contributed by atoms with Crippen LogP contribution < -0.4 is 5.32 Å². The van der Waals surface area contributed by atoms with Gasteiger partial charge in [-0.15, -0.1) is 0 Å². The highest BCUT2D eigenvalue weighted by Crippen LogP contribution is 2.38. The van der Waals surface area contributed by atoms with E-state index in [1.54, 1.807) is 23.2 Å². The minimum absolute atomic E-state index is 0.107. The quantitative estimate of drug-likeness (QED) is 0.501. The molecule has 9 heteroatoms. The molecule has 0 spiro atoms. The number of rotatable bonds is 5. The van der Waals surface area contributed by atoms with E-state index in [0.29, 0.717) is 17.3 Å². The van der Waals surface area contributed by atoms with Gasteiger partial charge in [-0.3, -0.25) is 9.59 Å². The van der Waals surface area contributed by atoms with E-state index in [9.17, 15) is 18.4 Å². The largest absolute Gasteiger partial charge is 0.326 e. The molecule has 2 aliphatic rings. The van der Waals surface area contributed by atoms with Crippen LogP contribution in [0.3, 0.4) is 0 Å². The van der Waals surface area contributed by atoms with Crippen LogP contribution in [0.4, 0.5) is 14.5 Å². The zero-order chi connectivity index (χ0) is 25.2. The van der Waals surface area contributed by atoms with Crippen LogP contribution in [0.2, 0.25) is 0 Å². The van der Waals surface area contributed by atoms with Gasteiger partial charge < -0.3 is 5.32 Å². The molecule has 0 radical (unpaired) electrons. The maximum atomic E-state index is 13.5. The molecule has 0 saturated carbocycles. The van der Waals surface area contributed by atoms with Gasteiger partial charge in [0, 0.05) is 18.5 Å². The molecule has 2 heterocycles. The first-order valence-corrected chi connectivity index (χ1v) is 12.3. The van der Waals surface area contributed by atoms with E-state index in [2.05, 4.69) is 10.3 Å². The first kappa shape index (κ1) is 23.9. The molecule has 6 nitrogen and oxygen atoms in total. The second-order valence-corrected chi connectivity index (χ2v) is 9.80. The highest BCUT2D eigenvalue weighted by molar-refractivity contribution is 8.15. The number of carbonyl (C=O) groups excluding carboxylic acids is 2. The summed E-state index contributed by atoms with van der Waals surface area (Å²) < 4.78 is 26.9. The van der Waals surface area contributed by atoms with Crippen LogP contribution in [0.25, 0.3) is 0 Å². The van der Waals surface area contributed by atoms with Crippen LogP contribution in [0, 0.1) is 18.6 Å². The smallest absolute Gasteiger partial charge is 0.262 e. The standard InChI is InChI=1S/C27H22F2N4O2S/c1-16-5-7-18(8-6-16)23-14-22(17-9-11-19(28)12-10-17)32-33(23)27-31-26(35)24(36-27)15-25(34)30-21-4-2-3-20(29)13-21/h2-13,23-24H,14-15H2,1H3,(H,30,34)/t23-,24-/m1/s1. The summed E-state index contributed by atoms with van der Waals surface area (Å²) in [6, 6.07) is 19.6. The minimum Gasteiger partial charge on any atom is -0.326 e. The number of aliphatic imine (C=N–C) groups is 1. The van der Waals surface area contributed by atoms with Gasteiger partial charge in [0.2, 0.25) is 5.91 Å². The number of hydrogen-bond acceptors (Lipinski definition) is 5. The van der Waals surface area contributed by atoms with Gasteiger partial charge in [0.1, 0.15) is 16.9 Å². The lowest BCUT2D eigenvalue weighted by atomic mass is 9.98. The number of amides is 2. The number of anilines is 1. The van der Waals surface area contributed by atoms with Crippen LogP contribution in [0.1, 0.15) is 35.6 Å². The molecular weight excluding hydrogens is 482 g/mol. The van der Waals surface area contributed by atoms with Gasteiger partial charge in [0.15, 0.2) is 5.17 Å². The van der Waals surface area contributed by atoms with Gasteiger partial charge in [-0.1, -0.05) is 59.8 Å². The molecular formula is C27H22F2N4O2S. The number of benzene rings is 3. The Morgan fingerprint density at radius 3 is 2.53 bits per heavy atom. The summed E-state index contributed by atoms with van der Waals surface area (Å²) in [6.45, 7) is 2.01. The zero-order valence-electron chi connectivity index (χ0n) is 19.3. The zero-order valence-corrected chi connectivity index (χ0v) is 20.1. The van der Waals surface area contributed by atoms with E-state index in [1.807, 2.05) is 31.2 Å². The number of hydrazone groups is 1. The Hall–Kier alpha value is -3.85. The van der Waals surface area contributed by atoms with Crippen LogP contribution in [-0.4, -0.2) is 33.0 Å². The number of hydrogen-bond donors (Lipinski definition) is 1. The summed E-state index contributed by atoms with van der Waals surface area (Å²) in [5.74, 6) is -1.62. The highest BCUT2D eigenvalue weighted by atomic mass is 32.2. The summed E-state index contributed by atoms with van der Waals surface area (Å²) >= 11 is 1.18. The van der Waals surface area contributed by atoms with Crippen molar-refractivity contribution < 1.29 is 18.4 Å². The van der Waals surface area contributed by atoms with Gasteiger partial charge in [0.05, 0.1) is 11.8 Å². The Kier molecular flexibility index (Phi) is 6.65. The van der Waals surface area contributed by atoms with Crippen molar-refractivity contribution in [1.82, 2.24) is 5.01 Å². The molecule has 182 valence electrons. The maximum absolute atomic E-state index is 13.5. The number of carbonyl (C=O) groups is 2. The second kappa shape index (κ2) is 10.0. The van der Waals surface area contributed by atoms with Gasteiger partial charge in [-0.25, -0.2) is 13.8 Å². The molecule has 0 unspecified atom stereocenters. The predicted molar refractivity (Wildman–Crippen MR) is 137 cm³/mol. The van der Waals surface area contributed by atoms with Crippen molar-refractivity contribution in [3.63, 3.8) is 0 Å². The minimum atomic E-state index is -0.711. The maximum Gasteiger partial charge on any atom is 0.262 e. The summed E-state index contributed by atoms with van der Waals surface area (Å²) in [5, 5.41) is 8.79. The SMILES string of the molecule is Cc1ccc([C@H]2CC(c3ccc(F)cc3)=NN2C2=NC(=O)[C@@H](CC(=O)Nc3cccc(F)c3)S2)cc1. The molecule has 0 saturated heterocycles. The van der Waals surface area contributed by atoms with Crippen LogP contribution >= 0.6 is 11.8 Å². The molecule has 5 rings (SSSR count). The van der Waals surface area contributed by atoms with Gasteiger partial charge in [0.25, 0.3) is 5.91 Å². The van der Waals surface area contributed by atoms with Gasteiger partial charge in [-0.05, 0) is 48.4 Å². The molecule has 1 N–H and O–H groups in total. The summed E-state index contributed by atoms with van der Waals surface area (Å²) in [4.78, 5) is 29.4. The van der Waals surface area contributed by atoms with Crippen LogP contribution in [0.15, 0.2) is 82.9 Å². The van der Waals surface area contributed by atoms with Gasteiger partial charge >= 0.3 is 0 Å². The fourth-order valence-corrected chi connectivity index (χ4v) is 5.16. The normalized spacial score (nSPS) is 19.3. The molecule has 2 amide bonds. The number of amidine groups is 1. The van der Waals surface area contributed by atoms with E-state index in [1.165, 1.54) is 42.1 Å². The Balaban J connectivity index is 1.35. The Labute approximate surface area is 211 Å². The number of aryl methyl sites for hydroxylation is 1. The second-order valence-electron chi connectivity index (χ2n) is 8.63. The number of nitrogens with zero attached hydrogens (tertiary/aromatic N) is 3. The van der Waals surface area contributed by atoms with Crippen molar-refractivity contribution in [3.05, 3.63) is 101 Å². The summed E-state index contributed by atoms with van der Waals surface area (Å²) in [6.07, 6.45) is 0.442. The van der Waals surface area contributed by atoms with Crippen molar-refractivity contribution in [3.8, 4) is 0 Å². The van der Waals surface area contributed by atoms with Crippen molar-refractivity contribution in [2.45, 2.75) is 31.1 Å². The summed E-state index contributed by atoms with van der Waals surface area (Å²) in [5.41, 5.74) is 3.99. The van der Waals surface area contributed by atoms with E-state index < -0.39 is 22.9 Å². The molecule has 0 aromatic heterocycles. The predicted octanol–water partition coefficient (Wildman–Crippen LogP) is 5.45. The van der Waals surface area contributed by atoms with Crippen molar-refractivity contribution in [2.24, 2.45) is 10.1 Å². The molecule has 3 aromatic carbocycles. The molecule has 2 atom stereocenters. The molecule has 0 fully saturated rings. The first-order chi connectivity index (χ1) is 17.4. The van der Waals surface area contributed by atoms with E-state index >= 15 is 0 Å². The molecule has 0 aliphatic carbocycles. The lowest BCUT2D eigenvalue weighted by molar-refractivity contribution is -0.121. The molecule has 3 aromatic rings. The van der Waals surface area contributed by atoms with Crippen molar-refractivity contribution >= 4 is 40.1 Å². The van der Waals surface area contributed by atoms with Crippen LogP contribution in [0.5, 0.6) is 0 Å². The van der Waals surface area contributed by atoms with E-state index in [-0.39, 0.29) is 18.3 Å².